The van der Waals surface area contributed by atoms with Gasteiger partial charge in [-0.25, -0.2) is 4.79 Å². The normalized spacial score (nSPS) is 19.9. The lowest BCUT2D eigenvalue weighted by Gasteiger charge is -2.28. The number of amides is 3. The minimum absolute atomic E-state index is 0.155. The Kier molecular flexibility index (Phi) is 4.46. The van der Waals surface area contributed by atoms with Crippen LogP contribution in [-0.2, 0) is 11.2 Å². The molecule has 128 valence electrons. The summed E-state index contributed by atoms with van der Waals surface area (Å²) in [6, 6.07) is 5.15. The number of hydrogen-bond acceptors (Lipinski definition) is 4. The number of urea groups is 1. The second kappa shape index (κ2) is 6.55. The van der Waals surface area contributed by atoms with E-state index in [1.54, 1.807) is 7.11 Å². The Balaban J connectivity index is 1.63. The summed E-state index contributed by atoms with van der Waals surface area (Å²) >= 11 is 0. The quantitative estimate of drug-likeness (QED) is 0.923. The van der Waals surface area contributed by atoms with Crippen molar-refractivity contribution < 1.29 is 19.1 Å². The first-order valence-corrected chi connectivity index (χ1v) is 8.14. The van der Waals surface area contributed by atoms with Crippen LogP contribution < -0.4 is 14.8 Å². The number of fused-ring (bicyclic) bond motifs is 1. The van der Waals surface area contributed by atoms with E-state index >= 15 is 0 Å². The topological polar surface area (TPSA) is 67.9 Å². The largest absolute Gasteiger partial charge is 0.497 e. The summed E-state index contributed by atoms with van der Waals surface area (Å²) in [6.45, 7) is 4.58. The van der Waals surface area contributed by atoms with Crippen molar-refractivity contribution in [2.45, 2.75) is 32.7 Å². The lowest BCUT2D eigenvalue weighted by molar-refractivity contribution is -0.123. The predicted molar refractivity (Wildman–Crippen MR) is 89.2 cm³/mol. The van der Waals surface area contributed by atoms with E-state index in [4.69, 9.17) is 9.47 Å². The lowest BCUT2D eigenvalue weighted by Crippen LogP contribution is -2.49. The summed E-state index contributed by atoms with van der Waals surface area (Å²) in [7, 11) is 1.61. The van der Waals surface area contributed by atoms with Gasteiger partial charge in [-0.2, -0.15) is 0 Å². The van der Waals surface area contributed by atoms with Crippen molar-refractivity contribution in [2.75, 3.05) is 20.3 Å². The van der Waals surface area contributed by atoms with Gasteiger partial charge in [-0.3, -0.25) is 9.69 Å². The van der Waals surface area contributed by atoms with Crippen LogP contribution in [0.5, 0.6) is 11.5 Å². The minimum atomic E-state index is -0.353. The standard InChI is InChI=1S/C18H22N2O4/c1-4-15-11(2)9-20(17(15)21)18(22)19-13-7-12-5-6-14(23-3)8-16(12)24-10-13/h5-6,8,13H,4,7,9-10H2,1-3H3,(H,19,22). The van der Waals surface area contributed by atoms with Crippen molar-refractivity contribution >= 4 is 11.9 Å². The molecule has 1 unspecified atom stereocenters. The number of ether oxygens (including phenoxy) is 2. The van der Waals surface area contributed by atoms with Gasteiger partial charge in [-0.05, 0) is 37.0 Å². The van der Waals surface area contributed by atoms with Crippen LogP contribution in [0.25, 0.3) is 0 Å². The third kappa shape index (κ3) is 2.96. The Morgan fingerprint density at radius 2 is 2.25 bits per heavy atom. The number of imide groups is 1. The maximum Gasteiger partial charge on any atom is 0.325 e. The molecule has 1 aromatic rings. The Morgan fingerprint density at radius 3 is 2.92 bits per heavy atom. The molecular weight excluding hydrogens is 308 g/mol. The van der Waals surface area contributed by atoms with E-state index in [9.17, 15) is 9.59 Å². The molecule has 3 amide bonds. The highest BCUT2D eigenvalue weighted by Crippen LogP contribution is 2.29. The lowest BCUT2D eigenvalue weighted by atomic mass is 10.0. The van der Waals surface area contributed by atoms with E-state index in [1.807, 2.05) is 32.0 Å². The molecular formula is C18H22N2O4. The van der Waals surface area contributed by atoms with Gasteiger partial charge in [-0.15, -0.1) is 0 Å². The predicted octanol–water partition coefficient (Wildman–Crippen LogP) is 2.28. The molecule has 24 heavy (non-hydrogen) atoms. The van der Waals surface area contributed by atoms with E-state index in [2.05, 4.69) is 5.32 Å². The summed E-state index contributed by atoms with van der Waals surface area (Å²) in [5.41, 5.74) is 2.72. The summed E-state index contributed by atoms with van der Waals surface area (Å²) in [4.78, 5) is 26.0. The molecule has 2 heterocycles. The highest BCUT2D eigenvalue weighted by molar-refractivity contribution is 6.06. The molecule has 0 fully saturated rings. The average Bonchev–Trinajstić information content (AvgIpc) is 2.88. The van der Waals surface area contributed by atoms with Crippen molar-refractivity contribution in [2.24, 2.45) is 0 Å². The van der Waals surface area contributed by atoms with Crippen LogP contribution in [0.1, 0.15) is 25.8 Å². The van der Waals surface area contributed by atoms with Crippen LogP contribution in [-0.4, -0.2) is 43.1 Å². The van der Waals surface area contributed by atoms with Crippen LogP contribution in [0.3, 0.4) is 0 Å². The molecule has 0 saturated heterocycles. The fraction of sp³-hybridized carbons (Fsp3) is 0.444. The van der Waals surface area contributed by atoms with Gasteiger partial charge >= 0.3 is 6.03 Å². The highest BCUT2D eigenvalue weighted by atomic mass is 16.5. The van der Waals surface area contributed by atoms with Gasteiger partial charge in [0.05, 0.1) is 19.7 Å². The molecule has 3 rings (SSSR count). The maximum absolute atomic E-state index is 12.4. The second-order valence-electron chi connectivity index (χ2n) is 6.14. The summed E-state index contributed by atoms with van der Waals surface area (Å²) in [5, 5.41) is 2.91. The highest BCUT2D eigenvalue weighted by Gasteiger charge is 2.33. The van der Waals surface area contributed by atoms with Gasteiger partial charge in [0.25, 0.3) is 5.91 Å². The van der Waals surface area contributed by atoms with Gasteiger partial charge in [0, 0.05) is 11.6 Å². The Labute approximate surface area is 141 Å². The molecule has 6 nitrogen and oxygen atoms in total. The smallest absolute Gasteiger partial charge is 0.325 e. The van der Waals surface area contributed by atoms with Gasteiger partial charge in [-0.1, -0.05) is 13.0 Å². The summed E-state index contributed by atoms with van der Waals surface area (Å²) < 4.78 is 10.9. The van der Waals surface area contributed by atoms with Crippen LogP contribution in [0, 0.1) is 0 Å². The van der Waals surface area contributed by atoms with Crippen molar-refractivity contribution in [1.82, 2.24) is 10.2 Å². The van der Waals surface area contributed by atoms with Gasteiger partial charge in [0.2, 0.25) is 0 Å². The van der Waals surface area contributed by atoms with Gasteiger partial charge in [0.15, 0.2) is 0 Å². The number of carbonyl (C=O) groups is 2. The van der Waals surface area contributed by atoms with E-state index in [0.717, 1.165) is 28.2 Å². The zero-order valence-electron chi connectivity index (χ0n) is 14.2. The molecule has 0 saturated carbocycles. The van der Waals surface area contributed by atoms with Crippen molar-refractivity contribution in [3.63, 3.8) is 0 Å². The molecule has 2 aliphatic rings. The Hall–Kier alpha value is -2.50. The molecule has 1 atom stereocenters. The molecule has 1 aromatic carbocycles. The molecule has 2 aliphatic heterocycles. The van der Waals surface area contributed by atoms with E-state index in [-0.39, 0.29) is 18.0 Å². The minimum Gasteiger partial charge on any atom is -0.497 e. The van der Waals surface area contributed by atoms with E-state index in [0.29, 0.717) is 26.0 Å². The van der Waals surface area contributed by atoms with Crippen molar-refractivity contribution in [1.29, 1.82) is 0 Å². The SMILES string of the molecule is CCC1=C(C)CN(C(=O)NC2COc3cc(OC)ccc3C2)C1=O. The van der Waals surface area contributed by atoms with Gasteiger partial charge in [0.1, 0.15) is 18.1 Å². The zero-order chi connectivity index (χ0) is 17.3. The van der Waals surface area contributed by atoms with Crippen molar-refractivity contribution in [3.05, 3.63) is 34.9 Å². The first kappa shape index (κ1) is 16.4. The van der Waals surface area contributed by atoms with Crippen molar-refractivity contribution in [3.8, 4) is 11.5 Å². The molecule has 0 radical (unpaired) electrons. The van der Waals surface area contributed by atoms with Crippen LogP contribution in [0.2, 0.25) is 0 Å². The third-order valence-electron chi connectivity index (χ3n) is 4.52. The third-order valence-corrected chi connectivity index (χ3v) is 4.52. The molecule has 1 N–H and O–H groups in total. The number of rotatable bonds is 3. The average molecular weight is 330 g/mol. The number of carbonyl (C=O) groups excluding carboxylic acids is 2. The van der Waals surface area contributed by atoms with Crippen LogP contribution >= 0.6 is 0 Å². The van der Waals surface area contributed by atoms with Crippen LogP contribution in [0.15, 0.2) is 29.3 Å². The fourth-order valence-electron chi connectivity index (χ4n) is 3.19. The Bertz CT molecular complexity index is 711. The number of nitrogens with one attached hydrogen (secondary N) is 1. The fourth-order valence-corrected chi connectivity index (χ4v) is 3.19. The molecule has 6 heteroatoms. The maximum atomic E-state index is 12.4. The van der Waals surface area contributed by atoms with E-state index in [1.165, 1.54) is 4.90 Å². The second-order valence-corrected chi connectivity index (χ2v) is 6.14. The summed E-state index contributed by atoms with van der Waals surface area (Å²) in [6.07, 6.45) is 1.32. The monoisotopic (exact) mass is 330 g/mol. The number of methoxy groups -OCH3 is 1. The number of hydrogen-bond donors (Lipinski definition) is 1. The zero-order valence-corrected chi connectivity index (χ0v) is 14.2. The molecule has 0 aliphatic carbocycles. The first-order chi connectivity index (χ1) is 11.5. The molecule has 0 aromatic heterocycles. The number of nitrogens with zero attached hydrogens (tertiary/aromatic N) is 1. The Morgan fingerprint density at radius 1 is 1.46 bits per heavy atom. The molecule has 0 bridgehead atoms. The van der Waals surface area contributed by atoms with Gasteiger partial charge < -0.3 is 14.8 Å². The number of benzene rings is 1. The summed E-state index contributed by atoms with van der Waals surface area (Å²) in [5.74, 6) is 1.34. The van der Waals surface area contributed by atoms with E-state index < -0.39 is 0 Å². The molecule has 0 spiro atoms. The van der Waals surface area contributed by atoms with Crippen LogP contribution in [0.4, 0.5) is 4.79 Å². The first-order valence-electron chi connectivity index (χ1n) is 8.14.